The van der Waals surface area contributed by atoms with E-state index in [1.807, 2.05) is 0 Å². The first-order chi connectivity index (χ1) is 6.88. The second-order valence-corrected chi connectivity index (χ2v) is 6.34. The van der Waals surface area contributed by atoms with Gasteiger partial charge in [-0.05, 0) is 18.2 Å². The third kappa shape index (κ3) is 4.53. The van der Waals surface area contributed by atoms with E-state index in [-0.39, 0.29) is 12.4 Å². The van der Waals surface area contributed by atoms with E-state index in [2.05, 4.69) is 15.9 Å². The van der Waals surface area contributed by atoms with E-state index in [9.17, 15) is 8.42 Å². The Bertz CT molecular complexity index is 445. The molecule has 6 heteroatoms. The molecule has 84 valence electrons. The first kappa shape index (κ1) is 12.3. The van der Waals surface area contributed by atoms with Gasteiger partial charge < -0.3 is 10.5 Å². The van der Waals surface area contributed by atoms with Crippen LogP contribution in [0.2, 0.25) is 0 Å². The van der Waals surface area contributed by atoms with Gasteiger partial charge in [-0.2, -0.15) is 0 Å². The molecular formula is C9H12BrNO3S. The molecule has 0 radical (unpaired) electrons. The summed E-state index contributed by atoms with van der Waals surface area (Å²) in [5.74, 6) is 0.490. The maximum atomic E-state index is 10.8. The van der Waals surface area contributed by atoms with Gasteiger partial charge in [-0.3, -0.25) is 0 Å². The summed E-state index contributed by atoms with van der Waals surface area (Å²) in [6, 6.07) is 5.18. The molecule has 0 aromatic heterocycles. The van der Waals surface area contributed by atoms with Gasteiger partial charge in [0.1, 0.15) is 12.4 Å². The summed E-state index contributed by atoms with van der Waals surface area (Å²) in [6.07, 6.45) is 1.17. The Morgan fingerprint density at radius 3 is 2.67 bits per heavy atom. The topological polar surface area (TPSA) is 69.4 Å². The number of benzene rings is 1. The molecule has 0 amide bonds. The van der Waals surface area contributed by atoms with E-state index in [0.717, 1.165) is 4.47 Å². The third-order valence-corrected chi connectivity index (χ3v) is 3.09. The summed E-state index contributed by atoms with van der Waals surface area (Å²) < 4.78 is 27.8. The lowest BCUT2D eigenvalue weighted by Crippen LogP contribution is -2.12. The highest BCUT2D eigenvalue weighted by Crippen LogP contribution is 2.24. The molecule has 0 heterocycles. The van der Waals surface area contributed by atoms with E-state index in [1.54, 1.807) is 18.2 Å². The molecule has 0 saturated heterocycles. The van der Waals surface area contributed by atoms with Crippen LogP contribution >= 0.6 is 15.9 Å². The van der Waals surface area contributed by atoms with Crippen LogP contribution in [0.15, 0.2) is 22.7 Å². The minimum Gasteiger partial charge on any atom is -0.490 e. The Kier molecular flexibility index (Phi) is 3.98. The molecule has 0 aliphatic carbocycles. The molecule has 1 aromatic carbocycles. The van der Waals surface area contributed by atoms with Crippen molar-refractivity contribution >= 4 is 31.5 Å². The predicted molar refractivity (Wildman–Crippen MR) is 63.8 cm³/mol. The van der Waals surface area contributed by atoms with Crippen LogP contribution in [-0.2, 0) is 9.84 Å². The highest BCUT2D eigenvalue weighted by atomic mass is 79.9. The molecule has 0 bridgehead atoms. The minimum atomic E-state index is -2.99. The molecule has 4 nitrogen and oxygen atoms in total. The molecule has 0 aliphatic rings. The molecule has 15 heavy (non-hydrogen) atoms. The Balaban J connectivity index is 2.59. The Labute approximate surface area is 97.5 Å². The van der Waals surface area contributed by atoms with Crippen molar-refractivity contribution in [1.82, 2.24) is 0 Å². The molecule has 2 N–H and O–H groups in total. The van der Waals surface area contributed by atoms with Crippen molar-refractivity contribution in [3.63, 3.8) is 0 Å². The van der Waals surface area contributed by atoms with Gasteiger partial charge in [0.25, 0.3) is 0 Å². The number of anilines is 1. The molecular weight excluding hydrogens is 282 g/mol. The van der Waals surface area contributed by atoms with Crippen molar-refractivity contribution in [2.24, 2.45) is 0 Å². The summed E-state index contributed by atoms with van der Waals surface area (Å²) in [6.45, 7) is 0.116. The fourth-order valence-electron chi connectivity index (χ4n) is 0.954. The maximum Gasteiger partial charge on any atom is 0.150 e. The molecule has 1 rings (SSSR count). The van der Waals surface area contributed by atoms with Crippen LogP contribution in [-0.4, -0.2) is 27.0 Å². The fourth-order valence-corrected chi connectivity index (χ4v) is 1.72. The van der Waals surface area contributed by atoms with Crippen LogP contribution in [0.1, 0.15) is 0 Å². The van der Waals surface area contributed by atoms with Gasteiger partial charge in [0.2, 0.25) is 0 Å². The molecule has 0 spiro atoms. The van der Waals surface area contributed by atoms with Gasteiger partial charge in [-0.1, -0.05) is 15.9 Å². The number of nitrogen functional groups attached to an aromatic ring is 1. The molecule has 0 atom stereocenters. The van der Waals surface area contributed by atoms with Crippen molar-refractivity contribution in [2.75, 3.05) is 24.3 Å². The maximum absolute atomic E-state index is 10.8. The van der Waals surface area contributed by atoms with E-state index in [4.69, 9.17) is 10.5 Å². The molecule has 0 saturated carbocycles. The predicted octanol–water partition coefficient (Wildman–Crippen LogP) is 1.45. The van der Waals surface area contributed by atoms with Crippen LogP contribution in [0.3, 0.4) is 0 Å². The SMILES string of the molecule is CS(=O)(=O)CCOc1ccc(Br)cc1N. The number of rotatable bonds is 4. The minimum absolute atomic E-state index is 0.0114. The number of hydrogen-bond acceptors (Lipinski definition) is 4. The van der Waals surface area contributed by atoms with Crippen LogP contribution in [0.25, 0.3) is 0 Å². The van der Waals surface area contributed by atoms with Crippen molar-refractivity contribution in [2.45, 2.75) is 0 Å². The lowest BCUT2D eigenvalue weighted by molar-refractivity contribution is 0.343. The number of sulfone groups is 1. The zero-order chi connectivity index (χ0) is 11.5. The number of nitrogens with two attached hydrogens (primary N) is 1. The van der Waals surface area contributed by atoms with Crippen LogP contribution in [0.5, 0.6) is 5.75 Å². The molecule has 1 aromatic rings. The first-order valence-corrected chi connectivity index (χ1v) is 7.09. The summed E-state index contributed by atoms with van der Waals surface area (Å²) in [5.41, 5.74) is 6.15. The fraction of sp³-hybridized carbons (Fsp3) is 0.333. The van der Waals surface area contributed by atoms with Crippen LogP contribution in [0.4, 0.5) is 5.69 Å². The summed E-state index contributed by atoms with van der Waals surface area (Å²) in [7, 11) is -2.99. The third-order valence-electron chi connectivity index (χ3n) is 1.68. The van der Waals surface area contributed by atoms with Crippen molar-refractivity contribution < 1.29 is 13.2 Å². The average molecular weight is 294 g/mol. The van der Waals surface area contributed by atoms with Gasteiger partial charge in [-0.15, -0.1) is 0 Å². The standard InChI is InChI=1S/C9H12BrNO3S/c1-15(12,13)5-4-14-9-3-2-7(10)6-8(9)11/h2-3,6H,4-5,11H2,1H3. The zero-order valence-electron chi connectivity index (χ0n) is 8.23. The summed E-state index contributed by atoms with van der Waals surface area (Å²) >= 11 is 3.26. The normalized spacial score (nSPS) is 11.3. The lowest BCUT2D eigenvalue weighted by Gasteiger charge is -2.08. The molecule has 0 fully saturated rings. The monoisotopic (exact) mass is 293 g/mol. The van der Waals surface area contributed by atoms with Crippen LogP contribution in [0, 0.1) is 0 Å². The summed E-state index contributed by atoms with van der Waals surface area (Å²) in [4.78, 5) is 0. The van der Waals surface area contributed by atoms with E-state index >= 15 is 0 Å². The smallest absolute Gasteiger partial charge is 0.150 e. The second kappa shape index (κ2) is 4.85. The van der Waals surface area contributed by atoms with Gasteiger partial charge in [0.15, 0.2) is 9.84 Å². The lowest BCUT2D eigenvalue weighted by atomic mass is 10.3. The van der Waals surface area contributed by atoms with Crippen molar-refractivity contribution in [3.8, 4) is 5.75 Å². The Morgan fingerprint density at radius 2 is 2.13 bits per heavy atom. The number of halogens is 1. The second-order valence-electron chi connectivity index (χ2n) is 3.16. The van der Waals surface area contributed by atoms with Gasteiger partial charge in [0, 0.05) is 10.7 Å². The van der Waals surface area contributed by atoms with Crippen molar-refractivity contribution in [3.05, 3.63) is 22.7 Å². The number of ether oxygens (including phenoxy) is 1. The van der Waals surface area contributed by atoms with Gasteiger partial charge in [-0.25, -0.2) is 8.42 Å². The Morgan fingerprint density at radius 1 is 1.47 bits per heavy atom. The largest absolute Gasteiger partial charge is 0.490 e. The summed E-state index contributed by atoms with van der Waals surface area (Å²) in [5, 5.41) is 0. The zero-order valence-corrected chi connectivity index (χ0v) is 10.6. The van der Waals surface area contributed by atoms with Crippen LogP contribution < -0.4 is 10.5 Å². The molecule has 0 unspecified atom stereocenters. The first-order valence-electron chi connectivity index (χ1n) is 4.24. The quantitative estimate of drug-likeness (QED) is 0.853. The van der Waals surface area contributed by atoms with Crippen molar-refractivity contribution in [1.29, 1.82) is 0 Å². The van der Waals surface area contributed by atoms with Gasteiger partial charge >= 0.3 is 0 Å². The van der Waals surface area contributed by atoms with E-state index in [1.165, 1.54) is 6.26 Å². The average Bonchev–Trinajstić information content (AvgIpc) is 2.07. The molecule has 0 aliphatic heterocycles. The van der Waals surface area contributed by atoms with E-state index < -0.39 is 9.84 Å². The highest BCUT2D eigenvalue weighted by molar-refractivity contribution is 9.10. The van der Waals surface area contributed by atoms with Gasteiger partial charge in [0.05, 0.1) is 11.4 Å². The highest BCUT2D eigenvalue weighted by Gasteiger charge is 2.04. The van der Waals surface area contributed by atoms with E-state index in [0.29, 0.717) is 11.4 Å². The number of hydrogen-bond donors (Lipinski definition) is 1. The Hall–Kier alpha value is -0.750.